The lowest BCUT2D eigenvalue weighted by atomic mass is 9.71. The van der Waals surface area contributed by atoms with Crippen LogP contribution in [0.5, 0.6) is 0 Å². The molecule has 0 nitrogen and oxygen atoms in total. The van der Waals surface area contributed by atoms with E-state index < -0.39 is 0 Å². The molecule has 0 aliphatic heterocycles. The van der Waals surface area contributed by atoms with Crippen molar-refractivity contribution in [2.75, 3.05) is 0 Å². The summed E-state index contributed by atoms with van der Waals surface area (Å²) in [6, 6.07) is 0. The molecule has 0 atom stereocenters. The van der Waals surface area contributed by atoms with Crippen molar-refractivity contribution in [2.24, 2.45) is 5.92 Å². The highest BCUT2D eigenvalue weighted by Crippen LogP contribution is 2.56. The molecule has 18 heavy (non-hydrogen) atoms. The Kier molecular flexibility index (Phi) is 2.74. The van der Waals surface area contributed by atoms with Crippen LogP contribution in [0.3, 0.4) is 0 Å². The highest BCUT2D eigenvalue weighted by atomic mass is 14.5. The number of benzene rings is 1. The zero-order chi connectivity index (χ0) is 14.0. The van der Waals surface area contributed by atoms with Gasteiger partial charge in [0, 0.05) is 0 Å². The van der Waals surface area contributed by atoms with Crippen molar-refractivity contribution in [3.8, 4) is 0 Å². The Morgan fingerprint density at radius 2 is 0.889 bits per heavy atom. The molecule has 0 heteroatoms. The Hall–Kier alpha value is -0.780. The number of hydrogen-bond acceptors (Lipinski definition) is 0. The largest absolute Gasteiger partial charge is 0.0608 e. The maximum Gasteiger partial charge on any atom is -0.00639 e. The Morgan fingerprint density at radius 3 is 1.17 bits per heavy atom. The maximum atomic E-state index is 2.42. The average Bonchev–Trinajstić information content (AvgIpc) is 2.41. The molecule has 0 fully saturated rings. The van der Waals surface area contributed by atoms with Gasteiger partial charge in [-0.15, -0.1) is 0 Å². The third-order valence-corrected chi connectivity index (χ3v) is 6.14. The summed E-state index contributed by atoms with van der Waals surface area (Å²) < 4.78 is 0. The first-order valence-electron chi connectivity index (χ1n) is 7.15. The predicted molar refractivity (Wildman–Crippen MR) is 80.6 cm³/mol. The van der Waals surface area contributed by atoms with Crippen LogP contribution in [0.25, 0.3) is 0 Å². The van der Waals surface area contributed by atoms with Crippen molar-refractivity contribution in [1.82, 2.24) is 0 Å². The van der Waals surface area contributed by atoms with E-state index in [0.29, 0.717) is 5.92 Å². The molecule has 0 unspecified atom stereocenters. The monoisotopic (exact) mass is 244 g/mol. The Balaban J connectivity index is 2.96. The fourth-order valence-electron chi connectivity index (χ4n) is 4.26. The number of fused-ring (bicyclic) bond motifs is 1. The normalized spacial score (nSPS) is 21.2. The fraction of sp³-hybridized carbons (Fsp3) is 0.667. The van der Waals surface area contributed by atoms with Crippen molar-refractivity contribution >= 4 is 0 Å². The SMILES string of the molecule is Cc1c(C)c(C)c2c(c1C)C(C)(C)C(C)C2(C)C. The van der Waals surface area contributed by atoms with Crippen LogP contribution in [0.15, 0.2) is 0 Å². The van der Waals surface area contributed by atoms with Crippen molar-refractivity contribution < 1.29 is 0 Å². The van der Waals surface area contributed by atoms with E-state index in [0.717, 1.165) is 0 Å². The molecule has 2 rings (SSSR count). The van der Waals surface area contributed by atoms with Gasteiger partial charge in [-0.05, 0) is 77.8 Å². The summed E-state index contributed by atoms with van der Waals surface area (Å²) in [5.41, 5.74) is 9.85. The van der Waals surface area contributed by atoms with Crippen molar-refractivity contribution in [1.29, 1.82) is 0 Å². The highest BCUT2D eigenvalue weighted by Gasteiger charge is 2.50. The molecule has 1 aromatic carbocycles. The molecule has 0 heterocycles. The number of hydrogen-bond donors (Lipinski definition) is 0. The van der Waals surface area contributed by atoms with Crippen LogP contribution in [-0.4, -0.2) is 0 Å². The second kappa shape index (κ2) is 3.62. The summed E-state index contributed by atoms with van der Waals surface area (Å²) in [6.07, 6.45) is 0. The van der Waals surface area contributed by atoms with Gasteiger partial charge in [-0.3, -0.25) is 0 Å². The fourth-order valence-corrected chi connectivity index (χ4v) is 4.26. The topological polar surface area (TPSA) is 0 Å². The highest BCUT2D eigenvalue weighted by molar-refractivity contribution is 5.59. The molecule has 0 radical (unpaired) electrons. The van der Waals surface area contributed by atoms with Crippen LogP contribution in [0, 0.1) is 33.6 Å². The van der Waals surface area contributed by atoms with Crippen LogP contribution >= 0.6 is 0 Å². The van der Waals surface area contributed by atoms with Gasteiger partial charge in [-0.25, -0.2) is 0 Å². The predicted octanol–water partition coefficient (Wildman–Crippen LogP) is 5.13. The minimum Gasteiger partial charge on any atom is -0.0608 e. The third-order valence-electron chi connectivity index (χ3n) is 6.14. The molecule has 0 spiro atoms. The summed E-state index contributed by atoms with van der Waals surface area (Å²) in [4.78, 5) is 0. The molecule has 1 aliphatic carbocycles. The van der Waals surface area contributed by atoms with E-state index in [1.807, 2.05) is 0 Å². The van der Waals surface area contributed by atoms with Gasteiger partial charge in [0.1, 0.15) is 0 Å². The summed E-state index contributed by atoms with van der Waals surface area (Å²) in [7, 11) is 0. The zero-order valence-corrected chi connectivity index (χ0v) is 13.6. The minimum absolute atomic E-state index is 0.284. The first-order chi connectivity index (χ1) is 8.04. The summed E-state index contributed by atoms with van der Waals surface area (Å²) in [5, 5.41) is 0. The molecule has 100 valence electrons. The van der Waals surface area contributed by atoms with E-state index in [-0.39, 0.29) is 10.8 Å². The van der Waals surface area contributed by atoms with Gasteiger partial charge in [0.2, 0.25) is 0 Å². The molecule has 0 saturated heterocycles. The molecule has 1 aliphatic rings. The van der Waals surface area contributed by atoms with Gasteiger partial charge in [-0.2, -0.15) is 0 Å². The molecule has 0 aromatic heterocycles. The lowest BCUT2D eigenvalue weighted by Crippen LogP contribution is -2.31. The van der Waals surface area contributed by atoms with Gasteiger partial charge in [0.05, 0.1) is 0 Å². The molecule has 1 aromatic rings. The quantitative estimate of drug-likeness (QED) is 0.594. The van der Waals surface area contributed by atoms with Gasteiger partial charge >= 0.3 is 0 Å². The van der Waals surface area contributed by atoms with E-state index in [2.05, 4.69) is 62.3 Å². The van der Waals surface area contributed by atoms with Gasteiger partial charge < -0.3 is 0 Å². The van der Waals surface area contributed by atoms with Crippen molar-refractivity contribution in [3.63, 3.8) is 0 Å². The average molecular weight is 244 g/mol. The zero-order valence-electron chi connectivity index (χ0n) is 13.6. The van der Waals surface area contributed by atoms with E-state index in [1.165, 1.54) is 22.3 Å². The van der Waals surface area contributed by atoms with Crippen molar-refractivity contribution in [2.45, 2.75) is 73.1 Å². The van der Waals surface area contributed by atoms with Gasteiger partial charge in [0.25, 0.3) is 0 Å². The Bertz CT molecular complexity index is 469. The van der Waals surface area contributed by atoms with Crippen LogP contribution in [-0.2, 0) is 10.8 Å². The van der Waals surface area contributed by atoms with Crippen LogP contribution < -0.4 is 0 Å². The second-order valence-electron chi connectivity index (χ2n) is 7.42. The second-order valence-corrected chi connectivity index (χ2v) is 7.42. The first kappa shape index (κ1) is 13.6. The molecular formula is C18H28. The summed E-state index contributed by atoms with van der Waals surface area (Å²) >= 11 is 0. The molecule has 0 saturated carbocycles. The van der Waals surface area contributed by atoms with Crippen LogP contribution in [0.2, 0.25) is 0 Å². The molecular weight excluding hydrogens is 216 g/mol. The van der Waals surface area contributed by atoms with Gasteiger partial charge in [-0.1, -0.05) is 34.6 Å². The molecule has 0 amide bonds. The smallest absolute Gasteiger partial charge is 0.00639 e. The Labute approximate surface area is 113 Å². The van der Waals surface area contributed by atoms with E-state index >= 15 is 0 Å². The maximum absolute atomic E-state index is 2.42. The number of rotatable bonds is 0. The van der Waals surface area contributed by atoms with E-state index in [4.69, 9.17) is 0 Å². The standard InChI is InChI=1S/C18H28/c1-10-11(2)13(4)16-15(12(10)3)17(6,7)14(5)18(16,8)9/h14H,1-9H3. The van der Waals surface area contributed by atoms with Gasteiger partial charge in [0.15, 0.2) is 0 Å². The lowest BCUT2D eigenvalue weighted by molar-refractivity contribution is 0.263. The molecule has 0 bridgehead atoms. The molecule has 0 N–H and O–H groups in total. The van der Waals surface area contributed by atoms with Crippen LogP contribution in [0.1, 0.15) is 68.0 Å². The van der Waals surface area contributed by atoms with Crippen molar-refractivity contribution in [3.05, 3.63) is 33.4 Å². The summed E-state index contributed by atoms with van der Waals surface area (Å²) in [6.45, 7) is 21.3. The third kappa shape index (κ3) is 1.38. The summed E-state index contributed by atoms with van der Waals surface area (Å²) in [5.74, 6) is 0.679. The van der Waals surface area contributed by atoms with Crippen LogP contribution in [0.4, 0.5) is 0 Å². The van der Waals surface area contributed by atoms with E-state index in [9.17, 15) is 0 Å². The Morgan fingerprint density at radius 1 is 0.611 bits per heavy atom. The minimum atomic E-state index is 0.284. The first-order valence-corrected chi connectivity index (χ1v) is 7.15. The van der Waals surface area contributed by atoms with E-state index in [1.54, 1.807) is 11.1 Å². The lowest BCUT2D eigenvalue weighted by Gasteiger charge is -2.33.